The van der Waals surface area contributed by atoms with Gasteiger partial charge in [0.25, 0.3) is 0 Å². The lowest BCUT2D eigenvalue weighted by Gasteiger charge is -2.29. The van der Waals surface area contributed by atoms with Crippen LogP contribution in [0, 0.1) is 11.8 Å². The van der Waals surface area contributed by atoms with Gasteiger partial charge in [0.05, 0.1) is 66.2 Å². The number of anilines is 1. The Bertz CT molecular complexity index is 2730. The maximum atomic E-state index is 12.0. The van der Waals surface area contributed by atoms with Gasteiger partial charge in [-0.2, -0.15) is 0 Å². The van der Waals surface area contributed by atoms with Crippen molar-refractivity contribution in [1.82, 2.24) is 45.9 Å². The maximum Gasteiger partial charge on any atom is 0.415 e. The van der Waals surface area contributed by atoms with Crippen LogP contribution >= 0.6 is 99.9 Å². The Hall–Kier alpha value is -4.62. The van der Waals surface area contributed by atoms with Crippen molar-refractivity contribution in [2.45, 2.75) is 170 Å². The first kappa shape index (κ1) is 69.6. The van der Waals surface area contributed by atoms with Gasteiger partial charge in [-0.05, 0) is 185 Å². The van der Waals surface area contributed by atoms with Crippen LogP contribution in [-0.2, 0) is 51.1 Å². The fraction of sp³-hybridized carbons (Fsp3) is 0.556. The molecule has 0 radical (unpaired) electrons. The molecule has 4 amide bonds. The number of halogens is 2. The Morgan fingerprint density at radius 2 is 1.11 bits per heavy atom. The summed E-state index contributed by atoms with van der Waals surface area (Å²) < 4.78 is 22.6. The lowest BCUT2D eigenvalue weighted by atomic mass is 10.0. The predicted molar refractivity (Wildman–Crippen MR) is 333 cm³/mol. The summed E-state index contributed by atoms with van der Waals surface area (Å²) >= 11 is 16.2. The van der Waals surface area contributed by atoms with Gasteiger partial charge < -0.3 is 34.9 Å². The number of hydrogen-bond acceptors (Lipinski definition) is 20. The van der Waals surface area contributed by atoms with Gasteiger partial charge in [-0.15, -0.1) is 68.0 Å². The Morgan fingerprint density at radius 1 is 0.575 bits per heavy atom. The number of amides is 4. The highest BCUT2D eigenvalue weighted by molar-refractivity contribution is 9.11. The van der Waals surface area contributed by atoms with Crippen LogP contribution in [0.15, 0.2) is 57.6 Å². The molecule has 0 unspecified atom stereocenters. The molecule has 0 fully saturated rings. The van der Waals surface area contributed by atoms with Crippen molar-refractivity contribution >= 4 is 129 Å². The Balaban J connectivity index is 0.000000258. The first-order valence-electron chi connectivity index (χ1n) is 25.8. The van der Waals surface area contributed by atoms with E-state index in [1.807, 2.05) is 122 Å². The summed E-state index contributed by atoms with van der Waals surface area (Å²) in [6.07, 6.45) is 9.14. The number of thiazole rings is 6. The number of rotatable bonds is 9. The van der Waals surface area contributed by atoms with E-state index in [9.17, 15) is 19.2 Å². The Morgan fingerprint density at radius 3 is 1.64 bits per heavy atom. The summed E-state index contributed by atoms with van der Waals surface area (Å²) in [4.78, 5) is 73.8. The van der Waals surface area contributed by atoms with Crippen LogP contribution in [0.25, 0.3) is 0 Å². The molecule has 1 aliphatic carbocycles. The van der Waals surface area contributed by atoms with E-state index in [0.717, 1.165) is 81.2 Å². The average molecular weight is 1350 g/mol. The number of alkyl carbamates (subject to hydrolysis) is 3. The lowest BCUT2D eigenvalue weighted by molar-refractivity contribution is 0.0515. The van der Waals surface area contributed by atoms with Crippen molar-refractivity contribution in [3.63, 3.8) is 0 Å². The standard InChI is InChI=1S/C11H17BrN2O2S.C11H16N2O2S.C11H18N2O2S.C11H14N2O2S.C7H9NS.C3H2BrNS/c1-11(2,3)16-10(15)13-6-4-5-8-9(12)17-7-14-8;1-11(2,3)15-10(14)13-6-4-5-8-9(13)16-7-12-8;2*1-11(2,3)15-10(14)12-6-4-5-9-7-16-8-13-9;1-2-4-7-6(3-1)8-5-9-7;4-3-1-6-2-5-3/h7H,4-6H2,1-3H3,(H,13,15);7H,4-6H2,1-3H3;7-8H,4-6H2,1-3H3,(H,12,14);7-8H,6H2,1-3H3,(H,12,14);5H,1-4H2;1-2H. The van der Waals surface area contributed by atoms with Gasteiger partial charge in [-0.25, -0.2) is 49.1 Å². The highest BCUT2D eigenvalue weighted by atomic mass is 79.9. The molecule has 3 N–H and O–H groups in total. The van der Waals surface area contributed by atoms with E-state index in [2.05, 4.69) is 89.6 Å². The summed E-state index contributed by atoms with van der Waals surface area (Å²) in [7, 11) is 0. The summed E-state index contributed by atoms with van der Waals surface area (Å²) in [5, 5.41) is 14.7. The number of carbonyl (C=O) groups is 4. The predicted octanol–water partition coefficient (Wildman–Crippen LogP) is 14.7. The minimum atomic E-state index is -0.480. The zero-order valence-corrected chi connectivity index (χ0v) is 55.8. The second-order valence-corrected chi connectivity index (χ2v) is 28.1. The van der Waals surface area contributed by atoms with Gasteiger partial charge >= 0.3 is 24.4 Å². The van der Waals surface area contributed by atoms with Gasteiger partial charge in [0.2, 0.25) is 0 Å². The van der Waals surface area contributed by atoms with Crippen molar-refractivity contribution < 1.29 is 38.1 Å². The molecule has 0 aromatic carbocycles. The first-order chi connectivity index (χ1) is 37.7. The Labute approximate surface area is 512 Å². The first-order valence-corrected chi connectivity index (χ1v) is 32.8. The molecule has 2 aliphatic rings. The van der Waals surface area contributed by atoms with Crippen LogP contribution in [0.3, 0.4) is 0 Å². The molecule has 8 rings (SSSR count). The van der Waals surface area contributed by atoms with Gasteiger partial charge in [0, 0.05) is 40.7 Å². The normalized spacial score (nSPS) is 12.4. The molecule has 1 aliphatic heterocycles. The highest BCUT2D eigenvalue weighted by Gasteiger charge is 2.29. The number of nitrogens with one attached hydrogen (secondary N) is 3. The molecule has 26 heteroatoms. The van der Waals surface area contributed by atoms with Gasteiger partial charge in [-0.1, -0.05) is 5.92 Å². The summed E-state index contributed by atoms with van der Waals surface area (Å²) in [6.45, 7) is 24.4. The van der Waals surface area contributed by atoms with Crippen molar-refractivity contribution in [2.24, 2.45) is 0 Å². The molecule has 0 spiro atoms. The van der Waals surface area contributed by atoms with E-state index in [-0.39, 0.29) is 24.8 Å². The fourth-order valence-electron chi connectivity index (χ4n) is 6.28. The third-order valence-corrected chi connectivity index (χ3v) is 15.5. The zero-order chi connectivity index (χ0) is 59.2. The molecule has 0 saturated carbocycles. The number of nitrogens with zero attached hydrogens (tertiary/aromatic N) is 7. The summed E-state index contributed by atoms with van der Waals surface area (Å²) in [5.74, 6) is 5.61. The van der Waals surface area contributed by atoms with Crippen LogP contribution in [-0.4, -0.2) is 103 Å². The van der Waals surface area contributed by atoms with E-state index in [1.54, 1.807) is 61.0 Å². The number of aryl methyl sites for hydroxylation is 5. The third kappa shape index (κ3) is 32.7. The van der Waals surface area contributed by atoms with Crippen LogP contribution < -0.4 is 20.9 Å². The van der Waals surface area contributed by atoms with Crippen molar-refractivity contribution in [2.75, 3.05) is 31.1 Å². The van der Waals surface area contributed by atoms with E-state index in [0.29, 0.717) is 13.1 Å². The number of carbonyl (C=O) groups excluding carboxylic acids is 4. The molecule has 440 valence electrons. The molecule has 0 saturated heterocycles. The molecule has 18 nitrogen and oxygen atoms in total. The SMILES string of the molecule is Brc1cscn1.CC(C)(C)OC(=O)N1CCCc2ncsc21.CC(C)(C)OC(=O)NCC#Cc1cscn1.CC(C)(C)OC(=O)NCCCc1cscn1.CC(C)(C)OC(=O)NCCCc1ncsc1Br.c1nc2c(s1)CCCC2. The molecule has 0 atom stereocenters. The highest BCUT2D eigenvalue weighted by Crippen LogP contribution is 2.31. The number of aromatic nitrogens is 6. The molecule has 6 aromatic rings. The van der Waals surface area contributed by atoms with E-state index < -0.39 is 28.5 Å². The topological polar surface area (TPSA) is 222 Å². The van der Waals surface area contributed by atoms with Crippen LogP contribution in [0.2, 0.25) is 0 Å². The largest absolute Gasteiger partial charge is 0.444 e. The molecule has 7 heterocycles. The summed E-state index contributed by atoms with van der Waals surface area (Å²) in [5.41, 5.74) is 14.3. The number of hydrogen-bond donors (Lipinski definition) is 3. The second-order valence-electron chi connectivity index (χ2n) is 21.2. The van der Waals surface area contributed by atoms with E-state index in [4.69, 9.17) is 18.9 Å². The fourth-order valence-corrected chi connectivity index (χ4v) is 11.2. The van der Waals surface area contributed by atoms with Crippen molar-refractivity contribution in [3.8, 4) is 11.8 Å². The van der Waals surface area contributed by atoms with Crippen molar-refractivity contribution in [1.29, 1.82) is 0 Å². The average Bonchev–Trinajstić information content (AvgIpc) is 4.23. The number of fused-ring (bicyclic) bond motifs is 2. The van der Waals surface area contributed by atoms with Gasteiger partial charge in [0.1, 0.15) is 37.7 Å². The molecule has 80 heavy (non-hydrogen) atoms. The van der Waals surface area contributed by atoms with Gasteiger partial charge in [0.15, 0.2) is 0 Å². The third-order valence-electron chi connectivity index (χ3n) is 9.45. The van der Waals surface area contributed by atoms with Crippen LogP contribution in [0.5, 0.6) is 0 Å². The minimum absolute atomic E-state index is 0.256. The maximum absolute atomic E-state index is 12.0. The molecule has 6 aromatic heterocycles. The van der Waals surface area contributed by atoms with Gasteiger partial charge in [-0.3, -0.25) is 4.90 Å². The lowest BCUT2D eigenvalue weighted by Crippen LogP contribution is -2.39. The second kappa shape index (κ2) is 36.1. The molecular formula is C54H76Br2N10O8S6. The Kier molecular flexibility index (Phi) is 31.4. The number of ether oxygens (including phenoxy) is 4. The van der Waals surface area contributed by atoms with Crippen molar-refractivity contribution in [3.05, 3.63) is 90.9 Å². The van der Waals surface area contributed by atoms with Crippen LogP contribution in [0.1, 0.15) is 149 Å². The quantitative estimate of drug-likeness (QED) is 0.0696. The minimum Gasteiger partial charge on any atom is -0.444 e. The zero-order valence-electron chi connectivity index (χ0n) is 47.7. The van der Waals surface area contributed by atoms with Crippen LogP contribution in [0.4, 0.5) is 24.2 Å². The summed E-state index contributed by atoms with van der Waals surface area (Å²) in [6, 6.07) is 0. The smallest absolute Gasteiger partial charge is 0.415 e. The molecular weight excluding hydrogens is 1270 g/mol. The van der Waals surface area contributed by atoms with E-state index in [1.165, 1.54) is 58.9 Å². The molecule has 0 bridgehead atoms. The monoisotopic (exact) mass is 1340 g/mol. The van der Waals surface area contributed by atoms with E-state index >= 15 is 0 Å².